The zero-order valence-electron chi connectivity index (χ0n) is 21.0. The van der Waals surface area contributed by atoms with Gasteiger partial charge in [-0.2, -0.15) is 0 Å². The maximum atomic E-state index is 12.5. The van der Waals surface area contributed by atoms with Crippen LogP contribution in [0.4, 0.5) is 0 Å². The van der Waals surface area contributed by atoms with Crippen molar-refractivity contribution in [2.75, 3.05) is 7.11 Å². The normalized spacial score (nSPS) is 9.68. The third kappa shape index (κ3) is 7.20. The molecular formula is C28H24O10. The molecule has 0 aliphatic heterocycles. The number of carbonyl (C=O) groups excluding carboxylic acids is 6. The first-order valence-electron chi connectivity index (χ1n) is 11.2. The summed E-state index contributed by atoms with van der Waals surface area (Å²) in [5, 5.41) is 0. The van der Waals surface area contributed by atoms with Gasteiger partial charge in [-0.05, 0) is 73.2 Å². The molecule has 0 N–H and O–H groups in total. The van der Waals surface area contributed by atoms with E-state index in [2.05, 4.69) is 9.47 Å². The molecular weight excluding hydrogens is 496 g/mol. The van der Waals surface area contributed by atoms with Crippen molar-refractivity contribution in [3.8, 4) is 11.5 Å². The number of esters is 4. The summed E-state index contributed by atoms with van der Waals surface area (Å²) < 4.78 is 19.5. The Morgan fingerprint density at radius 2 is 1.18 bits per heavy atom. The van der Waals surface area contributed by atoms with Crippen LogP contribution in [0.25, 0.3) is 0 Å². The zero-order chi connectivity index (χ0) is 28.2. The van der Waals surface area contributed by atoms with Gasteiger partial charge in [-0.1, -0.05) is 13.8 Å². The predicted octanol–water partition coefficient (Wildman–Crippen LogP) is 4.37. The van der Waals surface area contributed by atoms with E-state index >= 15 is 0 Å². The van der Waals surface area contributed by atoms with Crippen LogP contribution in [0, 0.1) is 6.92 Å². The fourth-order valence-corrected chi connectivity index (χ4v) is 3.11. The molecule has 0 saturated heterocycles. The molecule has 0 unspecified atom stereocenters. The van der Waals surface area contributed by atoms with Gasteiger partial charge in [0.15, 0.2) is 6.29 Å². The summed E-state index contributed by atoms with van der Waals surface area (Å²) in [5.74, 6) is -2.81. The maximum Gasteiger partial charge on any atom is 0.345 e. The van der Waals surface area contributed by atoms with E-state index in [9.17, 15) is 28.8 Å². The second kappa shape index (κ2) is 13.8. The van der Waals surface area contributed by atoms with Crippen molar-refractivity contribution in [2.24, 2.45) is 0 Å². The molecule has 0 atom stereocenters. The molecule has 38 heavy (non-hydrogen) atoms. The van der Waals surface area contributed by atoms with Crippen LogP contribution in [0.2, 0.25) is 0 Å². The molecule has 10 nitrogen and oxygen atoms in total. The predicted molar refractivity (Wildman–Crippen MR) is 134 cm³/mol. The minimum Gasteiger partial charge on any atom is -0.465 e. The molecule has 3 aromatic carbocycles. The van der Waals surface area contributed by atoms with Crippen molar-refractivity contribution in [1.82, 2.24) is 0 Å². The van der Waals surface area contributed by atoms with Crippen molar-refractivity contribution in [2.45, 2.75) is 20.8 Å². The van der Waals surface area contributed by atoms with Gasteiger partial charge in [0.05, 0.1) is 29.4 Å². The third-order valence-corrected chi connectivity index (χ3v) is 4.90. The topological polar surface area (TPSA) is 139 Å². The van der Waals surface area contributed by atoms with Gasteiger partial charge in [-0.3, -0.25) is 9.59 Å². The van der Waals surface area contributed by atoms with Gasteiger partial charge in [-0.25, -0.2) is 19.2 Å². The van der Waals surface area contributed by atoms with Crippen molar-refractivity contribution in [3.05, 3.63) is 94.0 Å². The first-order valence-corrected chi connectivity index (χ1v) is 11.2. The molecule has 0 heterocycles. The Labute approximate surface area is 218 Å². The SMILES string of the molecule is CC.COC(=O)c1cc(C(=O)Oc2ccc(OC(=O)c3ccc(C(=O)OC=O)c(C)c3)cc2)ccc1C=O. The Kier molecular flexibility index (Phi) is 10.6. The number of ether oxygens (including phenoxy) is 4. The van der Waals surface area contributed by atoms with E-state index < -0.39 is 23.9 Å². The molecule has 10 heteroatoms. The van der Waals surface area contributed by atoms with Crippen LogP contribution in [0.15, 0.2) is 60.7 Å². The van der Waals surface area contributed by atoms with Crippen LogP contribution in [-0.2, 0) is 14.3 Å². The quantitative estimate of drug-likeness (QED) is 0.182. The van der Waals surface area contributed by atoms with Crippen molar-refractivity contribution in [3.63, 3.8) is 0 Å². The average Bonchev–Trinajstić information content (AvgIpc) is 2.94. The number of hydrogen-bond acceptors (Lipinski definition) is 10. The van der Waals surface area contributed by atoms with Gasteiger partial charge in [0, 0.05) is 5.56 Å². The largest absolute Gasteiger partial charge is 0.465 e. The Morgan fingerprint density at radius 3 is 1.66 bits per heavy atom. The number of methoxy groups -OCH3 is 1. The van der Waals surface area contributed by atoms with E-state index in [1.54, 1.807) is 6.92 Å². The van der Waals surface area contributed by atoms with Gasteiger partial charge in [0.2, 0.25) is 0 Å². The number of benzene rings is 3. The van der Waals surface area contributed by atoms with E-state index in [0.29, 0.717) is 11.8 Å². The summed E-state index contributed by atoms with van der Waals surface area (Å²) >= 11 is 0. The van der Waals surface area contributed by atoms with Crippen LogP contribution < -0.4 is 9.47 Å². The van der Waals surface area contributed by atoms with Crippen LogP contribution in [-0.4, -0.2) is 43.7 Å². The second-order valence-electron chi connectivity index (χ2n) is 7.19. The van der Waals surface area contributed by atoms with Gasteiger partial charge in [0.1, 0.15) is 11.5 Å². The fraction of sp³-hybridized carbons (Fsp3) is 0.143. The van der Waals surface area contributed by atoms with Gasteiger partial charge in [-0.15, -0.1) is 0 Å². The van der Waals surface area contributed by atoms with E-state index in [1.807, 2.05) is 13.8 Å². The number of aldehydes is 1. The monoisotopic (exact) mass is 520 g/mol. The molecule has 0 aliphatic carbocycles. The lowest BCUT2D eigenvalue weighted by Gasteiger charge is -2.09. The molecule has 0 aliphatic rings. The standard InChI is InChI=1S/C26H18O10.C2H6/c1-15-11-16(5-10-21(15)26(32)34-14-28)23(29)35-19-6-8-20(9-7-19)36-24(30)17-3-4-18(13-27)22(12-17)25(31)33-2;1-2/h3-14H,1-2H3;1-2H3. The Balaban J connectivity index is 0.00000247. The van der Waals surface area contributed by atoms with E-state index in [0.717, 1.165) is 7.11 Å². The number of hydrogen-bond donors (Lipinski definition) is 0. The minimum absolute atomic E-state index is 0.0207. The van der Waals surface area contributed by atoms with Crippen LogP contribution >= 0.6 is 0 Å². The molecule has 0 radical (unpaired) electrons. The number of carbonyl (C=O) groups is 6. The molecule has 0 spiro atoms. The fourth-order valence-electron chi connectivity index (χ4n) is 3.11. The summed E-state index contributed by atoms with van der Waals surface area (Å²) in [4.78, 5) is 69.9. The van der Waals surface area contributed by atoms with Crippen molar-refractivity contribution < 1.29 is 47.7 Å². The summed E-state index contributed by atoms with van der Waals surface area (Å²) in [5.41, 5.74) is 0.709. The second-order valence-corrected chi connectivity index (χ2v) is 7.19. The smallest absolute Gasteiger partial charge is 0.345 e. The Hall–Kier alpha value is -5.12. The first-order chi connectivity index (χ1) is 18.3. The zero-order valence-corrected chi connectivity index (χ0v) is 21.0. The van der Waals surface area contributed by atoms with Crippen LogP contribution in [0.5, 0.6) is 11.5 Å². The first kappa shape index (κ1) is 29.1. The van der Waals surface area contributed by atoms with E-state index in [1.165, 1.54) is 60.7 Å². The number of rotatable bonds is 8. The lowest BCUT2D eigenvalue weighted by Crippen LogP contribution is -2.12. The molecule has 3 aromatic rings. The van der Waals surface area contributed by atoms with E-state index in [4.69, 9.17) is 9.47 Å². The lowest BCUT2D eigenvalue weighted by molar-refractivity contribution is -0.123. The van der Waals surface area contributed by atoms with Crippen molar-refractivity contribution >= 4 is 36.6 Å². The van der Waals surface area contributed by atoms with Crippen molar-refractivity contribution in [1.29, 1.82) is 0 Å². The molecule has 0 amide bonds. The summed E-state index contributed by atoms with van der Waals surface area (Å²) in [7, 11) is 1.15. The average molecular weight is 520 g/mol. The highest BCUT2D eigenvalue weighted by Crippen LogP contribution is 2.21. The lowest BCUT2D eigenvalue weighted by atomic mass is 10.0. The summed E-state index contributed by atoms with van der Waals surface area (Å²) in [6, 6.07) is 13.5. The highest BCUT2D eigenvalue weighted by atomic mass is 16.6. The highest BCUT2D eigenvalue weighted by Gasteiger charge is 2.18. The molecule has 0 saturated carbocycles. The van der Waals surface area contributed by atoms with Gasteiger partial charge in [0.25, 0.3) is 0 Å². The van der Waals surface area contributed by atoms with Gasteiger partial charge < -0.3 is 18.9 Å². The van der Waals surface area contributed by atoms with Crippen LogP contribution in [0.3, 0.4) is 0 Å². The molecule has 0 bridgehead atoms. The summed E-state index contributed by atoms with van der Waals surface area (Å²) in [6.07, 6.45) is 0.471. The van der Waals surface area contributed by atoms with Crippen LogP contribution in [0.1, 0.15) is 71.2 Å². The maximum absolute atomic E-state index is 12.5. The summed E-state index contributed by atoms with van der Waals surface area (Å²) in [6.45, 7) is 5.59. The third-order valence-electron chi connectivity index (χ3n) is 4.90. The number of aryl methyl sites for hydroxylation is 1. The van der Waals surface area contributed by atoms with E-state index in [-0.39, 0.29) is 45.8 Å². The Morgan fingerprint density at radius 1 is 0.658 bits per heavy atom. The van der Waals surface area contributed by atoms with Gasteiger partial charge >= 0.3 is 30.3 Å². The highest BCUT2D eigenvalue weighted by molar-refractivity contribution is 6.01. The molecule has 0 fully saturated rings. The molecule has 0 aromatic heterocycles. The molecule has 196 valence electrons. The minimum atomic E-state index is -0.839. The molecule has 3 rings (SSSR count). The Bertz CT molecular complexity index is 1360.